The monoisotopic (exact) mass is 513 g/mol. The maximum atomic E-state index is 13.0. The SMILES string of the molecule is COc1ccc(Cl)cc1C(=O)N1CCN(c2ccc(NC(=O)COc3ccccc3Cl)cc2)CC1. The Morgan fingerprint density at radius 3 is 2.31 bits per heavy atom. The van der Waals surface area contributed by atoms with Crippen molar-refractivity contribution in [2.45, 2.75) is 0 Å². The Kier molecular flexibility index (Phi) is 8.00. The molecule has 2 amide bonds. The molecular weight excluding hydrogens is 489 g/mol. The molecular formula is C26H25Cl2N3O4. The summed E-state index contributed by atoms with van der Waals surface area (Å²) >= 11 is 12.1. The first-order chi connectivity index (χ1) is 16.9. The largest absolute Gasteiger partial charge is 0.496 e. The highest BCUT2D eigenvalue weighted by Gasteiger charge is 2.24. The third-order valence-corrected chi connectivity index (χ3v) is 6.22. The normalized spacial score (nSPS) is 13.3. The molecule has 0 saturated carbocycles. The van der Waals surface area contributed by atoms with Crippen LogP contribution in [0.2, 0.25) is 10.0 Å². The number of hydrogen-bond donors (Lipinski definition) is 1. The van der Waals surface area contributed by atoms with Crippen LogP contribution >= 0.6 is 23.2 Å². The van der Waals surface area contributed by atoms with E-state index in [0.717, 1.165) is 5.69 Å². The molecule has 3 aromatic rings. The first-order valence-electron chi connectivity index (χ1n) is 11.1. The van der Waals surface area contributed by atoms with Gasteiger partial charge in [0, 0.05) is 42.6 Å². The lowest BCUT2D eigenvalue weighted by molar-refractivity contribution is -0.118. The molecule has 1 saturated heterocycles. The molecule has 0 atom stereocenters. The Balaban J connectivity index is 1.29. The number of piperazine rings is 1. The smallest absolute Gasteiger partial charge is 0.262 e. The Morgan fingerprint density at radius 2 is 1.63 bits per heavy atom. The number of ether oxygens (including phenoxy) is 2. The molecule has 1 N–H and O–H groups in total. The second-order valence-electron chi connectivity index (χ2n) is 7.94. The second-order valence-corrected chi connectivity index (χ2v) is 8.78. The zero-order chi connectivity index (χ0) is 24.8. The lowest BCUT2D eigenvalue weighted by atomic mass is 10.1. The van der Waals surface area contributed by atoms with E-state index < -0.39 is 0 Å². The third-order valence-electron chi connectivity index (χ3n) is 5.67. The van der Waals surface area contributed by atoms with Gasteiger partial charge >= 0.3 is 0 Å². The van der Waals surface area contributed by atoms with Gasteiger partial charge in [-0.3, -0.25) is 9.59 Å². The van der Waals surface area contributed by atoms with Crippen LogP contribution in [0.4, 0.5) is 11.4 Å². The van der Waals surface area contributed by atoms with E-state index in [2.05, 4.69) is 10.2 Å². The lowest BCUT2D eigenvalue weighted by Gasteiger charge is -2.36. The number of amides is 2. The number of para-hydroxylation sites is 1. The minimum atomic E-state index is -0.277. The Labute approximate surface area is 214 Å². The summed E-state index contributed by atoms with van der Waals surface area (Å²) in [6, 6.07) is 19.6. The number of nitrogens with one attached hydrogen (secondary N) is 1. The predicted octanol–water partition coefficient (Wildman–Crippen LogP) is 4.98. The van der Waals surface area contributed by atoms with Crippen LogP contribution in [0.15, 0.2) is 66.7 Å². The first kappa shape index (κ1) is 24.7. The van der Waals surface area contributed by atoms with Gasteiger partial charge in [0.2, 0.25) is 0 Å². The summed E-state index contributed by atoms with van der Waals surface area (Å²) < 4.78 is 10.8. The maximum Gasteiger partial charge on any atom is 0.262 e. The van der Waals surface area contributed by atoms with E-state index in [1.165, 1.54) is 7.11 Å². The standard InChI is InChI=1S/C26H25Cl2N3O4/c1-34-23-11-6-18(27)16-21(23)26(33)31-14-12-30(13-15-31)20-9-7-19(8-10-20)29-25(32)17-35-24-5-3-2-4-22(24)28/h2-11,16H,12-15,17H2,1H3,(H,29,32). The van der Waals surface area contributed by atoms with Crippen LogP contribution in [-0.4, -0.2) is 56.6 Å². The van der Waals surface area contributed by atoms with E-state index in [1.54, 1.807) is 47.4 Å². The lowest BCUT2D eigenvalue weighted by Crippen LogP contribution is -2.48. The highest BCUT2D eigenvalue weighted by atomic mass is 35.5. The van der Waals surface area contributed by atoms with Crippen molar-refractivity contribution < 1.29 is 19.1 Å². The van der Waals surface area contributed by atoms with Gasteiger partial charge < -0.3 is 24.6 Å². The average Bonchev–Trinajstić information content (AvgIpc) is 2.88. The Bertz CT molecular complexity index is 1200. The molecule has 1 heterocycles. The number of rotatable bonds is 7. The molecule has 4 rings (SSSR count). The van der Waals surface area contributed by atoms with Crippen LogP contribution in [0.5, 0.6) is 11.5 Å². The van der Waals surface area contributed by atoms with Crippen molar-refractivity contribution in [1.29, 1.82) is 0 Å². The van der Waals surface area contributed by atoms with Crippen LogP contribution in [0.1, 0.15) is 10.4 Å². The van der Waals surface area contributed by atoms with Gasteiger partial charge in [-0.15, -0.1) is 0 Å². The minimum absolute atomic E-state index is 0.0962. The van der Waals surface area contributed by atoms with Gasteiger partial charge in [0.1, 0.15) is 11.5 Å². The van der Waals surface area contributed by atoms with Crippen LogP contribution < -0.4 is 19.7 Å². The molecule has 182 valence electrons. The zero-order valence-corrected chi connectivity index (χ0v) is 20.7. The fourth-order valence-corrected chi connectivity index (χ4v) is 4.21. The van der Waals surface area contributed by atoms with Gasteiger partial charge in [-0.25, -0.2) is 0 Å². The van der Waals surface area contributed by atoms with Crippen molar-refractivity contribution >= 4 is 46.4 Å². The quantitative estimate of drug-likeness (QED) is 0.482. The van der Waals surface area contributed by atoms with Crippen LogP contribution in [-0.2, 0) is 4.79 Å². The molecule has 0 aromatic heterocycles. The van der Waals surface area contributed by atoms with Crippen molar-refractivity contribution in [3.05, 3.63) is 82.3 Å². The van der Waals surface area contributed by atoms with Crippen molar-refractivity contribution in [2.75, 3.05) is 50.1 Å². The number of hydrogen-bond acceptors (Lipinski definition) is 5. The molecule has 9 heteroatoms. The molecule has 35 heavy (non-hydrogen) atoms. The molecule has 1 aliphatic heterocycles. The molecule has 0 spiro atoms. The van der Waals surface area contributed by atoms with E-state index in [-0.39, 0.29) is 18.4 Å². The third kappa shape index (κ3) is 6.18. The van der Waals surface area contributed by atoms with Gasteiger partial charge in [-0.1, -0.05) is 35.3 Å². The van der Waals surface area contributed by atoms with Crippen molar-refractivity contribution in [3.8, 4) is 11.5 Å². The fraction of sp³-hybridized carbons (Fsp3) is 0.231. The van der Waals surface area contributed by atoms with E-state index in [1.807, 2.05) is 24.3 Å². The second kappa shape index (κ2) is 11.3. The van der Waals surface area contributed by atoms with Crippen molar-refractivity contribution in [1.82, 2.24) is 4.90 Å². The number of halogens is 2. The van der Waals surface area contributed by atoms with Crippen molar-refractivity contribution in [2.24, 2.45) is 0 Å². The molecule has 1 aliphatic rings. The van der Waals surface area contributed by atoms with E-state index in [4.69, 9.17) is 32.7 Å². The van der Waals surface area contributed by atoms with Gasteiger partial charge in [0.25, 0.3) is 11.8 Å². The topological polar surface area (TPSA) is 71.1 Å². The molecule has 1 fully saturated rings. The van der Waals surface area contributed by atoms with E-state index >= 15 is 0 Å². The highest BCUT2D eigenvalue weighted by Crippen LogP contribution is 2.26. The molecule has 0 unspecified atom stereocenters. The number of nitrogens with zero attached hydrogens (tertiary/aromatic N) is 2. The summed E-state index contributed by atoms with van der Waals surface area (Å²) in [5, 5.41) is 3.77. The number of benzene rings is 3. The number of methoxy groups -OCH3 is 1. The fourth-order valence-electron chi connectivity index (χ4n) is 3.84. The summed E-state index contributed by atoms with van der Waals surface area (Å²) in [5.74, 6) is 0.602. The van der Waals surface area contributed by atoms with Gasteiger partial charge in [-0.2, -0.15) is 0 Å². The van der Waals surface area contributed by atoms with Crippen LogP contribution in [0.3, 0.4) is 0 Å². The summed E-state index contributed by atoms with van der Waals surface area (Å²) in [7, 11) is 1.54. The number of carbonyl (C=O) groups is 2. The maximum absolute atomic E-state index is 13.0. The summed E-state index contributed by atoms with van der Waals surface area (Å²) in [6.45, 7) is 2.38. The van der Waals surface area contributed by atoms with Gasteiger partial charge in [0.05, 0.1) is 17.7 Å². The number of anilines is 2. The predicted molar refractivity (Wildman–Crippen MR) is 138 cm³/mol. The molecule has 0 aliphatic carbocycles. The minimum Gasteiger partial charge on any atom is -0.496 e. The Morgan fingerprint density at radius 1 is 0.914 bits per heavy atom. The van der Waals surface area contributed by atoms with Crippen molar-refractivity contribution in [3.63, 3.8) is 0 Å². The van der Waals surface area contributed by atoms with Crippen LogP contribution in [0, 0.1) is 0 Å². The van der Waals surface area contributed by atoms with Gasteiger partial charge in [0.15, 0.2) is 6.61 Å². The molecule has 7 nitrogen and oxygen atoms in total. The molecule has 0 bridgehead atoms. The van der Waals surface area contributed by atoms with Crippen LogP contribution in [0.25, 0.3) is 0 Å². The first-order valence-corrected chi connectivity index (χ1v) is 11.8. The molecule has 3 aromatic carbocycles. The summed E-state index contributed by atoms with van der Waals surface area (Å²) in [6.07, 6.45) is 0. The highest BCUT2D eigenvalue weighted by molar-refractivity contribution is 6.32. The summed E-state index contributed by atoms with van der Waals surface area (Å²) in [4.78, 5) is 29.2. The van der Waals surface area contributed by atoms with Gasteiger partial charge in [-0.05, 0) is 54.6 Å². The molecule has 0 radical (unpaired) electrons. The summed E-state index contributed by atoms with van der Waals surface area (Å²) in [5.41, 5.74) is 2.15. The van der Waals surface area contributed by atoms with E-state index in [9.17, 15) is 9.59 Å². The van der Waals surface area contributed by atoms with E-state index in [0.29, 0.717) is 59.0 Å². The average molecular weight is 514 g/mol. The zero-order valence-electron chi connectivity index (χ0n) is 19.2. The number of carbonyl (C=O) groups excluding carboxylic acids is 2. The Hall–Kier alpha value is -3.42.